The van der Waals surface area contributed by atoms with Gasteiger partial charge in [0.25, 0.3) is 0 Å². The van der Waals surface area contributed by atoms with E-state index in [1.807, 2.05) is 4.90 Å². The smallest absolute Gasteiger partial charge is 0.159 e. The van der Waals surface area contributed by atoms with Crippen LogP contribution < -0.4 is 10.6 Å². The van der Waals surface area contributed by atoms with E-state index in [-0.39, 0.29) is 5.92 Å². The van der Waals surface area contributed by atoms with Crippen molar-refractivity contribution < 1.29 is 18.7 Å². The predicted molar refractivity (Wildman–Crippen MR) is 107 cm³/mol. The minimum absolute atomic E-state index is 0.169. The average Bonchev–Trinajstić information content (AvgIpc) is 3.05. The minimum atomic E-state index is -0.960. The van der Waals surface area contributed by atoms with E-state index in [0.717, 1.165) is 23.5 Å². The number of carbonyl (C=O) groups is 1. The molecular formula is C21H25F2N5O2. The Kier molecular flexibility index (Phi) is 5.77. The van der Waals surface area contributed by atoms with Gasteiger partial charge in [0, 0.05) is 31.7 Å². The lowest BCUT2D eigenvalue weighted by molar-refractivity contribution is -0.110. The molecule has 4 atom stereocenters. The Hall–Kier alpha value is -2.49. The number of nitrogens with two attached hydrogens (primary N) is 1. The van der Waals surface area contributed by atoms with Crippen molar-refractivity contribution in [3.8, 4) is 0 Å². The van der Waals surface area contributed by atoms with Crippen LogP contribution in [0.1, 0.15) is 48.2 Å². The molecule has 160 valence electrons. The summed E-state index contributed by atoms with van der Waals surface area (Å²) < 4.78 is 27.2. The van der Waals surface area contributed by atoms with Crippen LogP contribution in [0.3, 0.4) is 0 Å². The zero-order valence-corrected chi connectivity index (χ0v) is 16.7. The second kappa shape index (κ2) is 8.33. The molecule has 0 radical (unpaired) electrons. The zero-order chi connectivity index (χ0) is 21.4. The first-order valence-electron chi connectivity index (χ1n) is 10.1. The molecule has 30 heavy (non-hydrogen) atoms. The van der Waals surface area contributed by atoms with Gasteiger partial charge in [0.15, 0.2) is 11.6 Å². The van der Waals surface area contributed by atoms with Crippen LogP contribution in [0.2, 0.25) is 0 Å². The van der Waals surface area contributed by atoms with Gasteiger partial charge in [-0.05, 0) is 30.0 Å². The van der Waals surface area contributed by atoms with Crippen LogP contribution in [-0.4, -0.2) is 58.5 Å². The number of hydrogen-bond acceptors (Lipinski definition) is 7. The molecular weight excluding hydrogens is 392 g/mol. The lowest BCUT2D eigenvalue weighted by Gasteiger charge is -2.41. The Bertz CT molecular complexity index is 936. The van der Waals surface area contributed by atoms with Gasteiger partial charge in [0.1, 0.15) is 18.4 Å². The fourth-order valence-electron chi connectivity index (χ4n) is 4.61. The minimum Gasteiger partial charge on any atom is -0.387 e. The first-order valence-corrected chi connectivity index (χ1v) is 10.1. The van der Waals surface area contributed by atoms with Crippen LogP contribution in [0, 0.1) is 11.6 Å². The van der Waals surface area contributed by atoms with Gasteiger partial charge in [-0.15, -0.1) is 0 Å². The largest absolute Gasteiger partial charge is 0.387 e. The summed E-state index contributed by atoms with van der Waals surface area (Å²) in [6, 6.07) is 2.23. The van der Waals surface area contributed by atoms with Crippen molar-refractivity contribution in [2.24, 2.45) is 5.73 Å². The monoisotopic (exact) mass is 417 g/mol. The third-order valence-corrected chi connectivity index (χ3v) is 6.09. The molecule has 7 nitrogen and oxygen atoms in total. The summed E-state index contributed by atoms with van der Waals surface area (Å²) in [7, 11) is 0. The molecule has 1 aliphatic carbocycles. The van der Waals surface area contributed by atoms with Crippen LogP contribution in [0.15, 0.2) is 24.5 Å². The summed E-state index contributed by atoms with van der Waals surface area (Å²) in [5.74, 6) is -0.898. The summed E-state index contributed by atoms with van der Waals surface area (Å²) in [5, 5.41) is 10.2. The van der Waals surface area contributed by atoms with Crippen molar-refractivity contribution in [3.63, 3.8) is 0 Å². The Morgan fingerprint density at radius 1 is 1.20 bits per heavy atom. The van der Waals surface area contributed by atoms with E-state index in [1.165, 1.54) is 12.4 Å². The second-order valence-corrected chi connectivity index (χ2v) is 8.00. The van der Waals surface area contributed by atoms with Crippen molar-refractivity contribution in [1.82, 2.24) is 14.9 Å². The van der Waals surface area contributed by atoms with Gasteiger partial charge in [0.05, 0.1) is 23.9 Å². The summed E-state index contributed by atoms with van der Waals surface area (Å²) in [4.78, 5) is 24.3. The maximum Gasteiger partial charge on any atom is 0.159 e. The van der Waals surface area contributed by atoms with Crippen LogP contribution in [0.25, 0.3) is 0 Å². The highest BCUT2D eigenvalue weighted by molar-refractivity contribution is 5.59. The topological polar surface area (TPSA) is 95.6 Å². The Labute approximate surface area is 173 Å². The zero-order valence-electron chi connectivity index (χ0n) is 16.7. The molecule has 1 aromatic heterocycles. The number of nitrogens with zero attached hydrogens (tertiary/aromatic N) is 4. The molecule has 2 heterocycles. The first kappa shape index (κ1) is 20.8. The van der Waals surface area contributed by atoms with Crippen molar-refractivity contribution >= 4 is 12.1 Å². The Morgan fingerprint density at radius 2 is 1.93 bits per heavy atom. The fourth-order valence-corrected chi connectivity index (χ4v) is 4.61. The van der Waals surface area contributed by atoms with E-state index in [1.54, 1.807) is 0 Å². The highest BCUT2D eigenvalue weighted by Crippen LogP contribution is 2.43. The van der Waals surface area contributed by atoms with E-state index >= 15 is 0 Å². The van der Waals surface area contributed by atoms with E-state index in [9.17, 15) is 18.7 Å². The molecule has 2 aromatic rings. The number of aliphatic hydroxyl groups is 1. The molecule has 0 saturated carbocycles. The van der Waals surface area contributed by atoms with Crippen LogP contribution in [0.4, 0.5) is 14.6 Å². The molecule has 3 N–H and O–H groups in total. The lowest BCUT2D eigenvalue weighted by Crippen LogP contribution is -2.52. The molecule has 0 bridgehead atoms. The van der Waals surface area contributed by atoms with E-state index < -0.39 is 29.8 Å². The van der Waals surface area contributed by atoms with Crippen molar-refractivity contribution in [2.75, 3.05) is 31.1 Å². The van der Waals surface area contributed by atoms with Crippen molar-refractivity contribution in [2.45, 2.75) is 37.5 Å². The number of aliphatic hydroxyl groups excluding tert-OH is 1. The number of piperazine rings is 1. The van der Waals surface area contributed by atoms with Crippen molar-refractivity contribution in [3.05, 3.63) is 53.0 Å². The van der Waals surface area contributed by atoms with E-state index in [2.05, 4.69) is 21.8 Å². The summed E-state index contributed by atoms with van der Waals surface area (Å²) in [5.41, 5.74) is 8.19. The Morgan fingerprint density at radius 3 is 2.60 bits per heavy atom. The van der Waals surface area contributed by atoms with Gasteiger partial charge in [-0.3, -0.25) is 4.90 Å². The third kappa shape index (κ3) is 3.68. The molecule has 4 rings (SSSR count). The molecule has 1 fully saturated rings. The SMILES string of the molecule is C[C@@H]1C[C@H](O)c2ncnc(N3CCN(C(c4ccc(F)c(F)c4)C(N)C=O)CC3)c21. The van der Waals surface area contributed by atoms with Crippen LogP contribution in [0.5, 0.6) is 0 Å². The number of rotatable bonds is 5. The number of hydrogen-bond donors (Lipinski definition) is 2. The van der Waals surface area contributed by atoms with Crippen molar-refractivity contribution in [1.29, 1.82) is 0 Å². The Balaban J connectivity index is 1.55. The number of halogens is 2. The molecule has 2 unspecified atom stereocenters. The standard InChI is InChI=1S/C21H25F2N5O2/c1-12-8-17(30)19-18(12)21(26-11-25-19)28-6-4-27(5-7-28)20(16(24)10-29)13-2-3-14(22)15(23)9-13/h2-3,9-12,16-17,20,30H,4-8,24H2,1H3/t12-,16?,17+,20?/m1/s1. The summed E-state index contributed by atoms with van der Waals surface area (Å²) >= 11 is 0. The normalized spacial score (nSPS) is 23.8. The molecule has 0 spiro atoms. The number of anilines is 1. The fraction of sp³-hybridized carbons (Fsp3) is 0.476. The van der Waals surface area contributed by atoms with Gasteiger partial charge >= 0.3 is 0 Å². The van der Waals surface area contributed by atoms with Gasteiger partial charge in [-0.1, -0.05) is 13.0 Å². The number of aromatic nitrogens is 2. The quantitative estimate of drug-likeness (QED) is 0.715. The highest BCUT2D eigenvalue weighted by Gasteiger charge is 2.35. The molecule has 9 heteroatoms. The second-order valence-electron chi connectivity index (χ2n) is 8.00. The van der Waals surface area contributed by atoms with Crippen LogP contribution in [-0.2, 0) is 4.79 Å². The highest BCUT2D eigenvalue weighted by atomic mass is 19.2. The number of carbonyl (C=O) groups excluding carboxylic acids is 1. The molecule has 1 saturated heterocycles. The van der Waals surface area contributed by atoms with Crippen LogP contribution >= 0.6 is 0 Å². The lowest BCUT2D eigenvalue weighted by atomic mass is 9.97. The molecule has 0 amide bonds. The van der Waals surface area contributed by atoms with Gasteiger partial charge in [0.2, 0.25) is 0 Å². The van der Waals surface area contributed by atoms with E-state index in [0.29, 0.717) is 50.1 Å². The third-order valence-electron chi connectivity index (χ3n) is 6.09. The predicted octanol–water partition coefficient (Wildman–Crippen LogP) is 1.68. The molecule has 1 aromatic carbocycles. The molecule has 1 aliphatic heterocycles. The number of aldehydes is 1. The average molecular weight is 417 g/mol. The van der Waals surface area contributed by atoms with Gasteiger partial charge < -0.3 is 20.5 Å². The number of fused-ring (bicyclic) bond motifs is 1. The van der Waals surface area contributed by atoms with Gasteiger partial charge in [-0.2, -0.15) is 0 Å². The van der Waals surface area contributed by atoms with E-state index in [4.69, 9.17) is 5.73 Å². The first-order chi connectivity index (χ1) is 14.4. The summed E-state index contributed by atoms with van der Waals surface area (Å²) in [6.45, 7) is 4.44. The van der Waals surface area contributed by atoms with Gasteiger partial charge in [-0.25, -0.2) is 18.7 Å². The maximum absolute atomic E-state index is 13.8. The number of benzene rings is 1. The summed E-state index contributed by atoms with van der Waals surface area (Å²) in [6.07, 6.45) is 2.18. The maximum atomic E-state index is 13.8. The molecule has 2 aliphatic rings.